The van der Waals surface area contributed by atoms with Crippen molar-refractivity contribution in [3.8, 4) is 0 Å². The van der Waals surface area contributed by atoms with Crippen LogP contribution in [0.5, 0.6) is 0 Å². The number of rotatable bonds is 5. The zero-order valence-corrected chi connectivity index (χ0v) is 12.5. The van der Waals surface area contributed by atoms with Crippen LogP contribution in [0.25, 0.3) is 10.2 Å². The maximum atomic E-state index is 12.4. The molecule has 0 spiro atoms. The SMILES string of the molecule is CCn1c(=O)c2c(C)c(C=O)sc2n(CCOC)c1=O. The molecule has 2 aromatic rings. The molecule has 0 unspecified atom stereocenters. The van der Waals surface area contributed by atoms with E-state index in [4.69, 9.17) is 4.74 Å². The Balaban J connectivity index is 2.92. The monoisotopic (exact) mass is 296 g/mol. The Morgan fingerprint density at radius 1 is 1.30 bits per heavy atom. The maximum absolute atomic E-state index is 12.4. The summed E-state index contributed by atoms with van der Waals surface area (Å²) in [7, 11) is 1.55. The first-order valence-electron chi connectivity index (χ1n) is 6.27. The molecule has 2 heterocycles. The molecule has 0 radical (unpaired) electrons. The van der Waals surface area contributed by atoms with Gasteiger partial charge in [-0.3, -0.25) is 18.7 Å². The molecule has 0 aliphatic heterocycles. The van der Waals surface area contributed by atoms with Crippen LogP contribution in [0.4, 0.5) is 0 Å². The number of ether oxygens (including phenoxy) is 1. The Hall–Kier alpha value is -1.73. The van der Waals surface area contributed by atoms with Crippen LogP contribution in [0.2, 0.25) is 0 Å². The first-order valence-corrected chi connectivity index (χ1v) is 7.09. The predicted molar refractivity (Wildman–Crippen MR) is 78.0 cm³/mol. The molecule has 0 atom stereocenters. The van der Waals surface area contributed by atoms with Crippen LogP contribution in [-0.2, 0) is 17.8 Å². The number of aryl methyl sites for hydroxylation is 1. The number of methoxy groups -OCH3 is 1. The lowest BCUT2D eigenvalue weighted by molar-refractivity contribution is 0.112. The zero-order chi connectivity index (χ0) is 14.9. The van der Waals surface area contributed by atoms with Crippen LogP contribution in [-0.4, -0.2) is 29.1 Å². The van der Waals surface area contributed by atoms with Gasteiger partial charge in [-0.05, 0) is 19.4 Å². The molecule has 20 heavy (non-hydrogen) atoms. The summed E-state index contributed by atoms with van der Waals surface area (Å²) >= 11 is 1.17. The number of hydrogen-bond donors (Lipinski definition) is 0. The molecule has 2 rings (SSSR count). The second-order valence-electron chi connectivity index (χ2n) is 4.37. The standard InChI is InChI=1S/C13H16N2O4S/c1-4-14-11(17)10-8(2)9(7-16)20-12(10)15(13(14)18)5-6-19-3/h7H,4-6H2,1-3H3. The van der Waals surface area contributed by atoms with Gasteiger partial charge in [0, 0.05) is 13.7 Å². The molecule has 6 nitrogen and oxygen atoms in total. The van der Waals surface area contributed by atoms with Crippen molar-refractivity contribution in [2.24, 2.45) is 0 Å². The van der Waals surface area contributed by atoms with Gasteiger partial charge in [0.25, 0.3) is 5.56 Å². The quantitative estimate of drug-likeness (QED) is 0.772. The zero-order valence-electron chi connectivity index (χ0n) is 11.6. The molecule has 7 heteroatoms. The molecular formula is C13H16N2O4S. The van der Waals surface area contributed by atoms with E-state index in [1.165, 1.54) is 20.5 Å². The van der Waals surface area contributed by atoms with Crippen molar-refractivity contribution < 1.29 is 9.53 Å². The van der Waals surface area contributed by atoms with Crippen LogP contribution in [0.3, 0.4) is 0 Å². The van der Waals surface area contributed by atoms with Gasteiger partial charge in [0.1, 0.15) is 4.83 Å². The lowest BCUT2D eigenvalue weighted by Gasteiger charge is -2.10. The number of carbonyl (C=O) groups excluding carboxylic acids is 1. The van der Waals surface area contributed by atoms with Crippen LogP contribution in [0.1, 0.15) is 22.2 Å². The van der Waals surface area contributed by atoms with Crippen molar-refractivity contribution in [3.05, 3.63) is 31.3 Å². The van der Waals surface area contributed by atoms with E-state index in [1.54, 1.807) is 21.0 Å². The van der Waals surface area contributed by atoms with Crippen LogP contribution < -0.4 is 11.2 Å². The van der Waals surface area contributed by atoms with Crippen molar-refractivity contribution in [2.45, 2.75) is 26.9 Å². The van der Waals surface area contributed by atoms with Crippen LogP contribution in [0, 0.1) is 6.92 Å². The number of carbonyl (C=O) groups is 1. The summed E-state index contributed by atoms with van der Waals surface area (Å²) in [6.07, 6.45) is 0.723. The first-order chi connectivity index (χ1) is 9.56. The predicted octanol–water partition coefficient (Wildman–Crippen LogP) is 1.01. The molecule has 0 amide bonds. The highest BCUT2D eigenvalue weighted by Gasteiger charge is 2.18. The highest BCUT2D eigenvalue weighted by atomic mass is 32.1. The summed E-state index contributed by atoms with van der Waals surface area (Å²) in [5.74, 6) is 0. The topological polar surface area (TPSA) is 70.3 Å². The molecule has 0 fully saturated rings. The molecule has 0 bridgehead atoms. The summed E-state index contributed by atoms with van der Waals surface area (Å²) in [6.45, 7) is 4.49. The van der Waals surface area contributed by atoms with E-state index in [2.05, 4.69) is 0 Å². The molecular weight excluding hydrogens is 280 g/mol. The van der Waals surface area contributed by atoms with Crippen molar-refractivity contribution in [1.82, 2.24) is 9.13 Å². The second-order valence-corrected chi connectivity index (χ2v) is 5.40. The lowest BCUT2D eigenvalue weighted by Crippen LogP contribution is -2.39. The fraction of sp³-hybridized carbons (Fsp3) is 0.462. The van der Waals surface area contributed by atoms with Crippen LogP contribution >= 0.6 is 11.3 Å². The van der Waals surface area contributed by atoms with Gasteiger partial charge < -0.3 is 4.74 Å². The Morgan fingerprint density at radius 3 is 2.55 bits per heavy atom. The average Bonchev–Trinajstić information content (AvgIpc) is 2.76. The lowest BCUT2D eigenvalue weighted by atomic mass is 10.2. The van der Waals surface area contributed by atoms with E-state index in [9.17, 15) is 14.4 Å². The highest BCUT2D eigenvalue weighted by molar-refractivity contribution is 7.20. The minimum Gasteiger partial charge on any atom is -0.383 e. The van der Waals surface area contributed by atoms with Crippen molar-refractivity contribution in [2.75, 3.05) is 13.7 Å². The van der Waals surface area contributed by atoms with E-state index in [0.717, 1.165) is 6.29 Å². The van der Waals surface area contributed by atoms with Gasteiger partial charge in [-0.15, -0.1) is 11.3 Å². The molecule has 2 aromatic heterocycles. The molecule has 0 aromatic carbocycles. The van der Waals surface area contributed by atoms with Crippen LogP contribution in [0.15, 0.2) is 9.59 Å². The molecule has 108 valence electrons. The molecule has 0 N–H and O–H groups in total. The van der Waals surface area contributed by atoms with Gasteiger partial charge in [0.15, 0.2) is 6.29 Å². The Bertz CT molecular complexity index is 769. The summed E-state index contributed by atoms with van der Waals surface area (Å²) in [5.41, 5.74) is -0.0536. The number of aromatic nitrogens is 2. The van der Waals surface area contributed by atoms with E-state index >= 15 is 0 Å². The van der Waals surface area contributed by atoms with Crippen molar-refractivity contribution >= 4 is 27.8 Å². The molecule has 0 aliphatic rings. The highest BCUT2D eigenvalue weighted by Crippen LogP contribution is 2.26. The summed E-state index contributed by atoms with van der Waals surface area (Å²) in [5, 5.41) is 0.453. The Labute approximate surface area is 119 Å². The minimum absolute atomic E-state index is 0.298. The minimum atomic E-state index is -0.360. The average molecular weight is 296 g/mol. The van der Waals surface area contributed by atoms with E-state index in [-0.39, 0.29) is 11.2 Å². The number of thiophene rings is 1. The normalized spacial score (nSPS) is 11.2. The van der Waals surface area contributed by atoms with Gasteiger partial charge >= 0.3 is 5.69 Å². The van der Waals surface area contributed by atoms with E-state index in [0.29, 0.717) is 40.4 Å². The largest absolute Gasteiger partial charge is 0.383 e. The fourth-order valence-electron chi connectivity index (χ4n) is 2.18. The third kappa shape index (κ3) is 2.12. The van der Waals surface area contributed by atoms with E-state index in [1.807, 2.05) is 0 Å². The third-order valence-corrected chi connectivity index (χ3v) is 4.51. The number of nitrogens with zero attached hydrogens (tertiary/aromatic N) is 2. The van der Waals surface area contributed by atoms with Gasteiger partial charge in [0.05, 0.1) is 23.4 Å². The molecule has 0 saturated carbocycles. The van der Waals surface area contributed by atoms with Gasteiger partial charge in [-0.1, -0.05) is 0 Å². The second kappa shape index (κ2) is 5.72. The molecule has 0 saturated heterocycles. The number of aldehydes is 1. The van der Waals surface area contributed by atoms with Crippen molar-refractivity contribution in [3.63, 3.8) is 0 Å². The molecule has 0 aliphatic carbocycles. The first kappa shape index (κ1) is 14.7. The number of fused-ring (bicyclic) bond motifs is 1. The summed E-state index contributed by atoms with van der Waals surface area (Å²) < 4.78 is 7.70. The van der Waals surface area contributed by atoms with Crippen molar-refractivity contribution in [1.29, 1.82) is 0 Å². The van der Waals surface area contributed by atoms with Gasteiger partial charge in [-0.2, -0.15) is 0 Å². The number of hydrogen-bond acceptors (Lipinski definition) is 5. The summed E-state index contributed by atoms with van der Waals surface area (Å²) in [6, 6.07) is 0. The van der Waals surface area contributed by atoms with Gasteiger partial charge in [0.2, 0.25) is 0 Å². The smallest absolute Gasteiger partial charge is 0.332 e. The van der Waals surface area contributed by atoms with E-state index < -0.39 is 0 Å². The summed E-state index contributed by atoms with van der Waals surface area (Å²) in [4.78, 5) is 36.8. The third-order valence-electron chi connectivity index (χ3n) is 3.27. The fourth-order valence-corrected chi connectivity index (χ4v) is 3.32. The maximum Gasteiger partial charge on any atom is 0.332 e. The van der Waals surface area contributed by atoms with Gasteiger partial charge in [-0.25, -0.2) is 4.79 Å². The Morgan fingerprint density at radius 2 is 2.00 bits per heavy atom. The Kier molecular flexibility index (Phi) is 4.20.